The second-order valence-corrected chi connectivity index (χ2v) is 5.41. The molecule has 0 aliphatic rings. The number of nitrogens with one attached hydrogen (secondary N) is 1. The van der Waals surface area contributed by atoms with E-state index < -0.39 is 0 Å². The SMILES string of the molecule is Cc1ccc(C(C)Nc2ccc(Br)cc2F)cc1F. The van der Waals surface area contributed by atoms with Crippen molar-refractivity contribution < 1.29 is 8.78 Å². The maximum atomic E-state index is 13.7. The molecule has 1 unspecified atom stereocenters. The Labute approximate surface area is 119 Å². The summed E-state index contributed by atoms with van der Waals surface area (Å²) in [7, 11) is 0. The molecule has 0 saturated carbocycles. The first kappa shape index (κ1) is 14.0. The van der Waals surface area contributed by atoms with Crippen LogP contribution >= 0.6 is 15.9 Å². The Bertz CT molecular complexity index is 599. The van der Waals surface area contributed by atoms with E-state index in [1.54, 1.807) is 25.1 Å². The summed E-state index contributed by atoms with van der Waals surface area (Å²) in [4.78, 5) is 0. The fourth-order valence-electron chi connectivity index (χ4n) is 1.80. The Hall–Kier alpha value is -1.42. The van der Waals surface area contributed by atoms with Crippen molar-refractivity contribution in [2.24, 2.45) is 0 Å². The molecule has 2 aromatic rings. The van der Waals surface area contributed by atoms with Gasteiger partial charge in [0.1, 0.15) is 11.6 Å². The van der Waals surface area contributed by atoms with E-state index in [2.05, 4.69) is 21.2 Å². The van der Waals surface area contributed by atoms with Crippen LogP contribution in [0.1, 0.15) is 24.1 Å². The summed E-state index contributed by atoms with van der Waals surface area (Å²) in [5.41, 5.74) is 1.79. The van der Waals surface area contributed by atoms with Gasteiger partial charge in [-0.25, -0.2) is 8.78 Å². The Morgan fingerprint density at radius 3 is 2.42 bits per heavy atom. The summed E-state index contributed by atoms with van der Waals surface area (Å²) in [5, 5.41) is 3.04. The van der Waals surface area contributed by atoms with E-state index in [1.807, 2.05) is 13.0 Å². The Kier molecular flexibility index (Phi) is 4.20. The van der Waals surface area contributed by atoms with Crippen molar-refractivity contribution in [3.8, 4) is 0 Å². The van der Waals surface area contributed by atoms with E-state index in [-0.39, 0.29) is 17.7 Å². The van der Waals surface area contributed by atoms with Gasteiger partial charge in [0, 0.05) is 10.5 Å². The van der Waals surface area contributed by atoms with Crippen LogP contribution in [0.4, 0.5) is 14.5 Å². The first-order chi connectivity index (χ1) is 8.97. The van der Waals surface area contributed by atoms with Gasteiger partial charge in [-0.1, -0.05) is 28.1 Å². The minimum atomic E-state index is -0.339. The molecule has 0 aromatic heterocycles. The topological polar surface area (TPSA) is 12.0 Å². The van der Waals surface area contributed by atoms with Gasteiger partial charge in [0.2, 0.25) is 0 Å². The lowest BCUT2D eigenvalue weighted by Crippen LogP contribution is -2.08. The van der Waals surface area contributed by atoms with Gasteiger partial charge < -0.3 is 5.32 Å². The van der Waals surface area contributed by atoms with Crippen molar-refractivity contribution in [3.05, 3.63) is 63.6 Å². The van der Waals surface area contributed by atoms with Crippen LogP contribution in [0.5, 0.6) is 0 Å². The van der Waals surface area contributed by atoms with Crippen LogP contribution in [0.3, 0.4) is 0 Å². The molecule has 0 aliphatic carbocycles. The number of anilines is 1. The van der Waals surface area contributed by atoms with Gasteiger partial charge in [-0.3, -0.25) is 0 Å². The number of hydrogen-bond donors (Lipinski definition) is 1. The molecule has 0 heterocycles. The summed E-state index contributed by atoms with van der Waals surface area (Å²) < 4.78 is 27.9. The van der Waals surface area contributed by atoms with Crippen molar-refractivity contribution in [3.63, 3.8) is 0 Å². The van der Waals surface area contributed by atoms with E-state index in [0.29, 0.717) is 15.7 Å². The average Bonchev–Trinajstić information content (AvgIpc) is 2.36. The number of halogens is 3. The van der Waals surface area contributed by atoms with Gasteiger partial charge in [-0.15, -0.1) is 0 Å². The monoisotopic (exact) mass is 325 g/mol. The number of hydrogen-bond acceptors (Lipinski definition) is 1. The molecule has 19 heavy (non-hydrogen) atoms. The van der Waals surface area contributed by atoms with Crippen LogP contribution in [0.2, 0.25) is 0 Å². The lowest BCUT2D eigenvalue weighted by atomic mass is 10.1. The highest BCUT2D eigenvalue weighted by molar-refractivity contribution is 9.10. The summed E-state index contributed by atoms with van der Waals surface area (Å²) in [5.74, 6) is -0.587. The fraction of sp³-hybridized carbons (Fsp3) is 0.200. The Balaban J connectivity index is 2.20. The Morgan fingerprint density at radius 1 is 1.05 bits per heavy atom. The molecule has 0 fully saturated rings. The second kappa shape index (κ2) is 5.70. The first-order valence-corrected chi connectivity index (χ1v) is 6.74. The van der Waals surface area contributed by atoms with Crippen molar-refractivity contribution in [1.29, 1.82) is 0 Å². The second-order valence-electron chi connectivity index (χ2n) is 4.50. The third-order valence-corrected chi connectivity index (χ3v) is 3.49. The summed E-state index contributed by atoms with van der Waals surface area (Å²) in [6.07, 6.45) is 0. The normalized spacial score (nSPS) is 12.3. The molecule has 4 heteroatoms. The van der Waals surface area contributed by atoms with E-state index in [9.17, 15) is 8.78 Å². The van der Waals surface area contributed by atoms with Gasteiger partial charge in [0.15, 0.2) is 0 Å². The van der Waals surface area contributed by atoms with Crippen LogP contribution in [0, 0.1) is 18.6 Å². The predicted molar refractivity (Wildman–Crippen MR) is 77.3 cm³/mol. The molecule has 1 N–H and O–H groups in total. The molecule has 1 nitrogen and oxygen atoms in total. The van der Waals surface area contributed by atoms with Crippen molar-refractivity contribution >= 4 is 21.6 Å². The van der Waals surface area contributed by atoms with Gasteiger partial charge in [-0.2, -0.15) is 0 Å². The number of benzene rings is 2. The molecule has 0 aliphatic heterocycles. The highest BCUT2D eigenvalue weighted by Crippen LogP contribution is 2.25. The van der Waals surface area contributed by atoms with Crippen LogP contribution in [0.25, 0.3) is 0 Å². The van der Waals surface area contributed by atoms with Crippen molar-refractivity contribution in [2.75, 3.05) is 5.32 Å². The van der Waals surface area contributed by atoms with Crippen LogP contribution in [-0.2, 0) is 0 Å². The highest BCUT2D eigenvalue weighted by atomic mass is 79.9. The van der Waals surface area contributed by atoms with Crippen LogP contribution < -0.4 is 5.32 Å². The molecule has 1 atom stereocenters. The summed E-state index contributed by atoms with van der Waals surface area (Å²) >= 11 is 3.21. The molecule has 2 aromatic carbocycles. The zero-order valence-corrected chi connectivity index (χ0v) is 12.3. The Morgan fingerprint density at radius 2 is 1.79 bits per heavy atom. The standard InChI is InChI=1S/C15H14BrF2N/c1-9-3-4-11(7-13(9)17)10(2)19-15-6-5-12(16)8-14(15)18/h3-8,10,19H,1-2H3. The third kappa shape index (κ3) is 3.32. The molecule has 0 saturated heterocycles. The maximum absolute atomic E-state index is 13.7. The van der Waals surface area contributed by atoms with Crippen LogP contribution in [0.15, 0.2) is 40.9 Å². The smallest absolute Gasteiger partial charge is 0.147 e. The largest absolute Gasteiger partial charge is 0.376 e. The van der Waals surface area contributed by atoms with Crippen LogP contribution in [-0.4, -0.2) is 0 Å². The third-order valence-electron chi connectivity index (χ3n) is 3.00. The minimum absolute atomic E-state index is 0.175. The van der Waals surface area contributed by atoms with Crippen molar-refractivity contribution in [2.45, 2.75) is 19.9 Å². The van der Waals surface area contributed by atoms with E-state index in [0.717, 1.165) is 5.56 Å². The van der Waals surface area contributed by atoms with Gasteiger partial charge in [0.25, 0.3) is 0 Å². The van der Waals surface area contributed by atoms with Gasteiger partial charge in [-0.05, 0) is 49.2 Å². The molecule has 100 valence electrons. The van der Waals surface area contributed by atoms with E-state index >= 15 is 0 Å². The molecular weight excluding hydrogens is 312 g/mol. The van der Waals surface area contributed by atoms with Crippen molar-refractivity contribution in [1.82, 2.24) is 0 Å². The summed E-state index contributed by atoms with van der Waals surface area (Å²) in [6.45, 7) is 3.58. The van der Waals surface area contributed by atoms with E-state index in [4.69, 9.17) is 0 Å². The lowest BCUT2D eigenvalue weighted by Gasteiger charge is -2.17. The molecule has 0 bridgehead atoms. The predicted octanol–water partition coefficient (Wildman–Crippen LogP) is 5.21. The zero-order chi connectivity index (χ0) is 14.0. The fourth-order valence-corrected chi connectivity index (χ4v) is 2.13. The van der Waals surface area contributed by atoms with E-state index in [1.165, 1.54) is 12.1 Å². The first-order valence-electron chi connectivity index (χ1n) is 5.95. The maximum Gasteiger partial charge on any atom is 0.147 e. The molecule has 0 amide bonds. The molecule has 0 radical (unpaired) electrons. The molecule has 2 rings (SSSR count). The summed E-state index contributed by atoms with van der Waals surface area (Å²) in [6, 6.07) is 9.67. The number of aryl methyl sites for hydroxylation is 1. The highest BCUT2D eigenvalue weighted by Gasteiger charge is 2.10. The molecular formula is C15H14BrF2N. The lowest BCUT2D eigenvalue weighted by molar-refractivity contribution is 0.613. The average molecular weight is 326 g/mol. The van der Waals surface area contributed by atoms with Gasteiger partial charge >= 0.3 is 0 Å². The zero-order valence-electron chi connectivity index (χ0n) is 10.7. The minimum Gasteiger partial charge on any atom is -0.376 e. The quantitative estimate of drug-likeness (QED) is 0.816. The number of rotatable bonds is 3. The van der Waals surface area contributed by atoms with Gasteiger partial charge in [0.05, 0.1) is 5.69 Å². The molecule has 0 spiro atoms.